The number of nitrogens with zero attached hydrogens (tertiary/aromatic N) is 1. The van der Waals surface area contributed by atoms with Gasteiger partial charge in [-0.3, -0.25) is 4.90 Å². The zero-order valence-corrected chi connectivity index (χ0v) is 15.0. The van der Waals surface area contributed by atoms with E-state index < -0.39 is 0 Å². The minimum atomic E-state index is -0.264. The van der Waals surface area contributed by atoms with Crippen LogP contribution in [-0.4, -0.2) is 4.90 Å². The molecule has 4 rings (SSSR count). The number of para-hydroxylation sites is 1. The SMILES string of the molecule is O=c1oc2ccccc2cc1CN(Cc1ccccc1)Cc1ccccc1. The molecule has 3 aromatic carbocycles. The van der Waals surface area contributed by atoms with Crippen LogP contribution in [0.4, 0.5) is 0 Å². The van der Waals surface area contributed by atoms with E-state index in [1.54, 1.807) is 0 Å². The van der Waals surface area contributed by atoms with E-state index in [4.69, 9.17) is 4.42 Å². The summed E-state index contributed by atoms with van der Waals surface area (Å²) in [6.45, 7) is 2.07. The fourth-order valence-corrected chi connectivity index (χ4v) is 3.31. The van der Waals surface area contributed by atoms with Crippen molar-refractivity contribution in [1.29, 1.82) is 0 Å². The average Bonchev–Trinajstić information content (AvgIpc) is 2.70. The first kappa shape index (κ1) is 17.3. The second kappa shape index (κ2) is 8.02. The fraction of sp³-hybridized carbons (Fsp3) is 0.125. The Hall–Kier alpha value is -3.17. The van der Waals surface area contributed by atoms with Crippen molar-refractivity contribution in [3.63, 3.8) is 0 Å². The summed E-state index contributed by atoms with van der Waals surface area (Å²) in [5.74, 6) is 0. The highest BCUT2D eigenvalue weighted by molar-refractivity contribution is 5.76. The van der Waals surface area contributed by atoms with E-state index in [-0.39, 0.29) is 5.63 Å². The molecule has 134 valence electrons. The lowest BCUT2D eigenvalue weighted by Crippen LogP contribution is -2.25. The van der Waals surface area contributed by atoms with Crippen molar-refractivity contribution in [3.8, 4) is 0 Å². The standard InChI is InChI=1S/C24H21NO2/c26-24-22(15-21-13-7-8-14-23(21)27-24)18-25(16-19-9-3-1-4-10-19)17-20-11-5-2-6-12-20/h1-15H,16-18H2. The van der Waals surface area contributed by atoms with E-state index in [0.717, 1.165) is 18.5 Å². The zero-order chi connectivity index (χ0) is 18.5. The maximum absolute atomic E-state index is 12.5. The third-order valence-corrected chi connectivity index (χ3v) is 4.61. The van der Waals surface area contributed by atoms with Crippen LogP contribution in [0.5, 0.6) is 0 Å². The highest BCUT2D eigenvalue weighted by Crippen LogP contribution is 2.16. The van der Waals surface area contributed by atoms with Crippen LogP contribution < -0.4 is 5.63 Å². The molecule has 1 heterocycles. The minimum Gasteiger partial charge on any atom is -0.422 e. The summed E-state index contributed by atoms with van der Waals surface area (Å²) in [5.41, 5.74) is 3.49. The first-order valence-electron chi connectivity index (χ1n) is 9.10. The molecule has 0 saturated carbocycles. The summed E-state index contributed by atoms with van der Waals surface area (Å²) in [4.78, 5) is 14.7. The predicted octanol–water partition coefficient (Wildman–Crippen LogP) is 5.00. The summed E-state index contributed by atoms with van der Waals surface area (Å²) in [5, 5.41) is 0.950. The molecule has 0 fully saturated rings. The van der Waals surface area contributed by atoms with Gasteiger partial charge >= 0.3 is 5.63 Å². The molecule has 4 aromatic rings. The summed E-state index contributed by atoms with van der Waals surface area (Å²) in [6, 6.07) is 30.2. The van der Waals surface area contributed by atoms with E-state index >= 15 is 0 Å². The quantitative estimate of drug-likeness (QED) is 0.457. The van der Waals surface area contributed by atoms with Gasteiger partial charge in [0.05, 0.1) is 5.56 Å². The molecule has 0 saturated heterocycles. The maximum atomic E-state index is 12.5. The van der Waals surface area contributed by atoms with Gasteiger partial charge in [-0.1, -0.05) is 78.9 Å². The molecule has 1 aromatic heterocycles. The summed E-state index contributed by atoms with van der Waals surface area (Å²) < 4.78 is 5.51. The zero-order valence-electron chi connectivity index (χ0n) is 15.0. The largest absolute Gasteiger partial charge is 0.422 e. The van der Waals surface area contributed by atoms with Gasteiger partial charge in [0.15, 0.2) is 0 Å². The molecule has 0 radical (unpaired) electrons. The smallest absolute Gasteiger partial charge is 0.340 e. The second-order valence-corrected chi connectivity index (χ2v) is 6.71. The Bertz CT molecular complexity index is 1030. The van der Waals surface area contributed by atoms with Gasteiger partial charge < -0.3 is 4.42 Å². The third kappa shape index (κ3) is 4.33. The highest BCUT2D eigenvalue weighted by atomic mass is 16.4. The molecule has 0 N–H and O–H groups in total. The summed E-state index contributed by atoms with van der Waals surface area (Å²) in [6.07, 6.45) is 0. The lowest BCUT2D eigenvalue weighted by Gasteiger charge is -2.22. The van der Waals surface area contributed by atoms with Crippen molar-refractivity contribution in [3.05, 3.63) is 118 Å². The lowest BCUT2D eigenvalue weighted by molar-refractivity contribution is 0.244. The van der Waals surface area contributed by atoms with Crippen molar-refractivity contribution in [2.75, 3.05) is 0 Å². The molecule has 0 aliphatic rings. The normalized spacial score (nSPS) is 11.1. The molecular weight excluding hydrogens is 334 g/mol. The lowest BCUT2D eigenvalue weighted by atomic mass is 10.1. The van der Waals surface area contributed by atoms with E-state index in [9.17, 15) is 4.79 Å². The molecular formula is C24H21NO2. The number of hydrogen-bond donors (Lipinski definition) is 0. The van der Waals surface area contributed by atoms with Crippen molar-refractivity contribution >= 4 is 11.0 Å². The molecule has 0 aliphatic heterocycles. The van der Waals surface area contributed by atoms with E-state index in [1.165, 1.54) is 11.1 Å². The first-order valence-corrected chi connectivity index (χ1v) is 9.10. The molecule has 27 heavy (non-hydrogen) atoms. The molecule has 0 atom stereocenters. The number of benzene rings is 3. The Morgan fingerprint density at radius 2 is 1.22 bits per heavy atom. The Morgan fingerprint density at radius 1 is 0.667 bits per heavy atom. The van der Waals surface area contributed by atoms with Crippen LogP contribution in [0.25, 0.3) is 11.0 Å². The third-order valence-electron chi connectivity index (χ3n) is 4.61. The number of hydrogen-bond acceptors (Lipinski definition) is 3. The Kier molecular flexibility index (Phi) is 5.13. The van der Waals surface area contributed by atoms with Gasteiger partial charge in [-0.05, 0) is 23.3 Å². The second-order valence-electron chi connectivity index (χ2n) is 6.71. The van der Waals surface area contributed by atoms with Crippen LogP contribution in [0.3, 0.4) is 0 Å². The predicted molar refractivity (Wildman–Crippen MR) is 108 cm³/mol. The molecule has 0 aliphatic carbocycles. The van der Waals surface area contributed by atoms with Crippen LogP contribution in [-0.2, 0) is 19.6 Å². The topological polar surface area (TPSA) is 33.5 Å². The van der Waals surface area contributed by atoms with Crippen molar-refractivity contribution in [1.82, 2.24) is 4.90 Å². The summed E-state index contributed by atoms with van der Waals surface area (Å²) in [7, 11) is 0. The van der Waals surface area contributed by atoms with Crippen molar-refractivity contribution in [2.24, 2.45) is 0 Å². The van der Waals surface area contributed by atoms with Gasteiger partial charge in [-0.25, -0.2) is 4.79 Å². The van der Waals surface area contributed by atoms with Crippen molar-refractivity contribution in [2.45, 2.75) is 19.6 Å². The monoisotopic (exact) mass is 355 g/mol. The van der Waals surface area contributed by atoms with Crippen LogP contribution >= 0.6 is 0 Å². The maximum Gasteiger partial charge on any atom is 0.340 e. The fourth-order valence-electron chi connectivity index (χ4n) is 3.31. The van der Waals surface area contributed by atoms with E-state index in [2.05, 4.69) is 29.2 Å². The van der Waals surface area contributed by atoms with Crippen LogP contribution in [0.1, 0.15) is 16.7 Å². The number of fused-ring (bicyclic) bond motifs is 1. The van der Waals surface area contributed by atoms with Gasteiger partial charge in [-0.2, -0.15) is 0 Å². The summed E-state index contributed by atoms with van der Waals surface area (Å²) >= 11 is 0. The molecule has 0 spiro atoms. The van der Waals surface area contributed by atoms with Gasteiger partial charge in [0.25, 0.3) is 0 Å². The molecule has 0 unspecified atom stereocenters. The van der Waals surface area contributed by atoms with Gasteiger partial charge in [0, 0.05) is 25.0 Å². The van der Waals surface area contributed by atoms with Gasteiger partial charge in [0.1, 0.15) is 5.58 Å². The van der Waals surface area contributed by atoms with Crippen LogP contribution in [0.2, 0.25) is 0 Å². The molecule has 0 amide bonds. The van der Waals surface area contributed by atoms with Crippen LogP contribution in [0, 0.1) is 0 Å². The molecule has 0 bridgehead atoms. The van der Waals surface area contributed by atoms with E-state index in [1.807, 2.05) is 66.7 Å². The Balaban J connectivity index is 1.64. The molecule has 3 nitrogen and oxygen atoms in total. The molecule has 3 heteroatoms. The van der Waals surface area contributed by atoms with Crippen molar-refractivity contribution < 1.29 is 4.42 Å². The number of rotatable bonds is 6. The first-order chi connectivity index (χ1) is 13.3. The Morgan fingerprint density at radius 3 is 1.85 bits per heavy atom. The minimum absolute atomic E-state index is 0.264. The van der Waals surface area contributed by atoms with Gasteiger partial charge in [0.2, 0.25) is 0 Å². The van der Waals surface area contributed by atoms with E-state index in [0.29, 0.717) is 17.7 Å². The van der Waals surface area contributed by atoms with Gasteiger partial charge in [-0.15, -0.1) is 0 Å². The Labute approximate surface area is 158 Å². The average molecular weight is 355 g/mol. The van der Waals surface area contributed by atoms with Crippen LogP contribution in [0.15, 0.2) is 100 Å². The highest BCUT2D eigenvalue weighted by Gasteiger charge is 2.12.